The molecule has 0 aliphatic carbocycles. The number of hydrogen-bond donors (Lipinski definition) is 1. The molecule has 1 fully saturated rings. The van der Waals surface area contributed by atoms with Gasteiger partial charge in [-0.2, -0.15) is 0 Å². The Kier molecular flexibility index (Phi) is 6.10. The number of para-hydroxylation sites is 1. The number of likely N-dealkylation sites (tertiary alicyclic amines) is 1. The van der Waals surface area contributed by atoms with Crippen molar-refractivity contribution < 1.29 is 17.6 Å². The second-order valence-electron chi connectivity index (χ2n) is 8.59. The molecule has 1 saturated heterocycles. The summed E-state index contributed by atoms with van der Waals surface area (Å²) in [7, 11) is -2.05. The fourth-order valence-corrected chi connectivity index (χ4v) is 6.17. The molecule has 0 saturated carbocycles. The number of nitrogens with one attached hydrogen (secondary N) is 1. The zero-order valence-corrected chi connectivity index (χ0v) is 19.5. The van der Waals surface area contributed by atoms with Crippen LogP contribution in [-0.4, -0.2) is 46.1 Å². The van der Waals surface area contributed by atoms with Crippen LogP contribution in [0, 0.1) is 0 Å². The predicted molar refractivity (Wildman–Crippen MR) is 130 cm³/mol. The van der Waals surface area contributed by atoms with Crippen molar-refractivity contribution in [2.45, 2.75) is 30.2 Å². The first-order valence-corrected chi connectivity index (χ1v) is 12.8. The van der Waals surface area contributed by atoms with Gasteiger partial charge in [0.2, 0.25) is 10.0 Å². The minimum absolute atomic E-state index is 0.0677. The molecule has 172 valence electrons. The number of fused-ring (bicyclic) bond motifs is 2. The largest absolute Gasteiger partial charge is 0.497 e. The number of furan rings is 1. The molecule has 2 heterocycles. The average molecular weight is 465 g/mol. The summed E-state index contributed by atoms with van der Waals surface area (Å²) in [6.45, 7) is 2.67. The Hall–Kier alpha value is -2.87. The first-order chi connectivity index (χ1) is 16.0. The van der Waals surface area contributed by atoms with Crippen molar-refractivity contribution in [1.29, 1.82) is 0 Å². The summed E-state index contributed by atoms with van der Waals surface area (Å²) < 4.78 is 40.3. The van der Waals surface area contributed by atoms with Crippen LogP contribution in [0.4, 0.5) is 0 Å². The summed E-state index contributed by atoms with van der Waals surface area (Å²) in [5, 5.41) is 2.72. The summed E-state index contributed by atoms with van der Waals surface area (Å²) in [5.74, 6) is 0.642. The molecule has 0 spiro atoms. The molecule has 0 atom stereocenters. The Balaban J connectivity index is 1.21. The summed E-state index contributed by atoms with van der Waals surface area (Å²) in [6.07, 6.45) is 4.36. The van der Waals surface area contributed by atoms with E-state index in [1.165, 1.54) is 10.9 Å². The van der Waals surface area contributed by atoms with Crippen LogP contribution in [0.5, 0.6) is 5.75 Å². The second kappa shape index (κ2) is 9.17. The monoisotopic (exact) mass is 464 g/mol. The molecule has 4 aromatic rings. The second-order valence-corrected chi connectivity index (χ2v) is 10.3. The van der Waals surface area contributed by atoms with Gasteiger partial charge in [-0.3, -0.25) is 0 Å². The summed E-state index contributed by atoms with van der Waals surface area (Å²) in [5.41, 5.74) is 2.14. The molecule has 7 heteroatoms. The number of benzene rings is 3. The maximum absolute atomic E-state index is 13.2. The van der Waals surface area contributed by atoms with Gasteiger partial charge in [0.05, 0.1) is 18.3 Å². The molecular weight excluding hydrogens is 436 g/mol. The van der Waals surface area contributed by atoms with E-state index in [1.54, 1.807) is 25.3 Å². The van der Waals surface area contributed by atoms with Crippen molar-refractivity contribution in [3.8, 4) is 5.75 Å². The number of rotatable bonds is 7. The van der Waals surface area contributed by atoms with E-state index in [-0.39, 0.29) is 6.04 Å². The van der Waals surface area contributed by atoms with Crippen LogP contribution in [0.2, 0.25) is 0 Å². The van der Waals surface area contributed by atoms with Crippen molar-refractivity contribution in [2.24, 2.45) is 0 Å². The molecule has 0 unspecified atom stereocenters. The molecule has 5 rings (SSSR count). The number of sulfonamides is 1. The van der Waals surface area contributed by atoms with Gasteiger partial charge in [-0.1, -0.05) is 36.4 Å². The highest BCUT2D eigenvalue weighted by molar-refractivity contribution is 7.89. The Labute approximate surface area is 194 Å². The number of piperidine rings is 1. The zero-order chi connectivity index (χ0) is 22.8. The minimum atomic E-state index is -3.64. The average Bonchev–Trinajstić information content (AvgIpc) is 3.26. The molecule has 0 bridgehead atoms. The van der Waals surface area contributed by atoms with Crippen LogP contribution in [0.3, 0.4) is 0 Å². The van der Waals surface area contributed by atoms with Crippen molar-refractivity contribution in [3.63, 3.8) is 0 Å². The third kappa shape index (κ3) is 4.62. The molecule has 0 amide bonds. The molecule has 33 heavy (non-hydrogen) atoms. The third-order valence-corrected chi connectivity index (χ3v) is 8.09. The van der Waals surface area contributed by atoms with Crippen molar-refractivity contribution in [2.75, 3.05) is 26.7 Å². The van der Waals surface area contributed by atoms with Gasteiger partial charge in [-0.25, -0.2) is 13.1 Å². The SMILES string of the molecule is COc1ccc2cccc(S(=O)(=O)NC3CCN(CCc4coc5ccccc45)CC3)c2c1. The van der Waals surface area contributed by atoms with Crippen LogP contribution in [-0.2, 0) is 16.4 Å². The van der Waals surface area contributed by atoms with E-state index in [0.717, 1.165) is 49.9 Å². The molecule has 1 aliphatic rings. The fourth-order valence-electron chi connectivity index (χ4n) is 4.65. The molecule has 3 aromatic carbocycles. The molecule has 0 radical (unpaired) electrons. The van der Waals surface area contributed by atoms with E-state index >= 15 is 0 Å². The lowest BCUT2D eigenvalue weighted by atomic mass is 10.0. The van der Waals surface area contributed by atoms with Crippen LogP contribution in [0.15, 0.2) is 76.2 Å². The van der Waals surface area contributed by atoms with Crippen LogP contribution in [0.1, 0.15) is 18.4 Å². The quantitative estimate of drug-likeness (QED) is 0.433. The van der Waals surface area contributed by atoms with Gasteiger partial charge in [0.25, 0.3) is 0 Å². The van der Waals surface area contributed by atoms with Crippen LogP contribution in [0.25, 0.3) is 21.7 Å². The topological polar surface area (TPSA) is 71.8 Å². The predicted octanol–water partition coefficient (Wildman–Crippen LogP) is 4.58. The van der Waals surface area contributed by atoms with E-state index in [1.807, 2.05) is 42.7 Å². The van der Waals surface area contributed by atoms with Crippen LogP contribution < -0.4 is 9.46 Å². The Morgan fingerprint density at radius 3 is 2.67 bits per heavy atom. The highest BCUT2D eigenvalue weighted by Gasteiger charge is 2.26. The van der Waals surface area contributed by atoms with Gasteiger partial charge in [0.15, 0.2) is 0 Å². The molecule has 6 nitrogen and oxygen atoms in total. The van der Waals surface area contributed by atoms with E-state index in [0.29, 0.717) is 16.0 Å². The first kappa shape index (κ1) is 21.9. The lowest BCUT2D eigenvalue weighted by Gasteiger charge is -2.32. The summed E-state index contributed by atoms with van der Waals surface area (Å²) in [4.78, 5) is 2.70. The first-order valence-electron chi connectivity index (χ1n) is 11.3. The molecular formula is C26H28N2O4S. The lowest BCUT2D eigenvalue weighted by molar-refractivity contribution is 0.209. The van der Waals surface area contributed by atoms with E-state index in [4.69, 9.17) is 9.15 Å². The Morgan fingerprint density at radius 1 is 1.03 bits per heavy atom. The number of methoxy groups -OCH3 is 1. The maximum Gasteiger partial charge on any atom is 0.241 e. The van der Waals surface area contributed by atoms with Crippen molar-refractivity contribution in [1.82, 2.24) is 9.62 Å². The van der Waals surface area contributed by atoms with Gasteiger partial charge in [-0.05, 0) is 67.6 Å². The Morgan fingerprint density at radius 2 is 1.85 bits per heavy atom. The maximum atomic E-state index is 13.2. The van der Waals surface area contributed by atoms with E-state index in [2.05, 4.69) is 15.7 Å². The van der Waals surface area contributed by atoms with Gasteiger partial charge < -0.3 is 14.1 Å². The number of hydrogen-bond acceptors (Lipinski definition) is 5. The highest BCUT2D eigenvalue weighted by atomic mass is 32.2. The summed E-state index contributed by atoms with van der Waals surface area (Å²) in [6, 6.07) is 18.9. The standard InChI is InChI=1S/C26H28N2O4S/c1-31-22-10-9-19-5-4-8-26(24(19)17-22)33(29,30)27-21-12-15-28(16-13-21)14-11-20-18-32-25-7-3-2-6-23(20)25/h2-10,17-18,21,27H,11-16H2,1H3. The molecule has 1 aromatic heterocycles. The molecule has 1 N–H and O–H groups in total. The minimum Gasteiger partial charge on any atom is -0.497 e. The Bertz CT molecular complexity index is 1370. The lowest BCUT2D eigenvalue weighted by Crippen LogP contribution is -2.45. The fraction of sp³-hybridized carbons (Fsp3) is 0.308. The van der Waals surface area contributed by atoms with Gasteiger partial charge >= 0.3 is 0 Å². The van der Waals surface area contributed by atoms with Gasteiger partial charge in [-0.15, -0.1) is 0 Å². The normalized spacial score (nSPS) is 15.9. The number of ether oxygens (including phenoxy) is 1. The number of nitrogens with zero attached hydrogens (tertiary/aromatic N) is 1. The van der Waals surface area contributed by atoms with Crippen LogP contribution >= 0.6 is 0 Å². The van der Waals surface area contributed by atoms with Crippen molar-refractivity contribution >= 4 is 31.8 Å². The summed E-state index contributed by atoms with van der Waals surface area (Å²) >= 11 is 0. The molecule has 1 aliphatic heterocycles. The van der Waals surface area contributed by atoms with E-state index in [9.17, 15) is 8.42 Å². The van der Waals surface area contributed by atoms with Gasteiger partial charge in [0.1, 0.15) is 11.3 Å². The van der Waals surface area contributed by atoms with Crippen molar-refractivity contribution in [3.05, 3.63) is 72.5 Å². The third-order valence-electron chi connectivity index (χ3n) is 6.51. The van der Waals surface area contributed by atoms with Gasteiger partial charge in [0, 0.05) is 23.4 Å². The highest BCUT2D eigenvalue weighted by Crippen LogP contribution is 2.28. The zero-order valence-electron chi connectivity index (χ0n) is 18.7. The smallest absolute Gasteiger partial charge is 0.241 e. The van der Waals surface area contributed by atoms with E-state index < -0.39 is 10.0 Å².